The molecule has 0 aliphatic carbocycles. The lowest BCUT2D eigenvalue weighted by molar-refractivity contribution is -0.142. The van der Waals surface area contributed by atoms with Gasteiger partial charge in [-0.25, -0.2) is 9.67 Å². The van der Waals surface area contributed by atoms with Gasteiger partial charge >= 0.3 is 6.18 Å². The number of rotatable bonds is 2. The van der Waals surface area contributed by atoms with Gasteiger partial charge < -0.3 is 5.32 Å². The molecule has 2 aromatic heterocycles. The zero-order chi connectivity index (χ0) is 13.3. The minimum Gasteiger partial charge on any atom is -0.373 e. The van der Waals surface area contributed by atoms with E-state index >= 15 is 0 Å². The van der Waals surface area contributed by atoms with E-state index in [9.17, 15) is 13.2 Å². The van der Waals surface area contributed by atoms with Crippen LogP contribution in [0.4, 0.5) is 19.0 Å². The molecule has 0 atom stereocenters. The molecule has 7 heteroatoms. The monoisotopic (exact) mass is 256 g/mol. The van der Waals surface area contributed by atoms with Gasteiger partial charge in [0.25, 0.3) is 0 Å². The van der Waals surface area contributed by atoms with Crippen LogP contribution in [0.5, 0.6) is 0 Å². The van der Waals surface area contributed by atoms with Crippen LogP contribution in [0.25, 0.3) is 5.69 Å². The van der Waals surface area contributed by atoms with Crippen LogP contribution in [-0.2, 0) is 6.18 Å². The normalized spacial score (nSPS) is 11.6. The predicted molar refractivity (Wildman–Crippen MR) is 60.6 cm³/mol. The number of anilines is 1. The third kappa shape index (κ3) is 2.29. The minimum absolute atomic E-state index is 0.273. The highest BCUT2D eigenvalue weighted by atomic mass is 19.4. The Hall–Kier alpha value is -2.05. The standard InChI is InChI=1S/C11H11F3N4/c1-7-5-9(11(12,13)14)18(17-7)8-3-4-10(15-2)16-6-8/h3-6H,1-2H3,(H,15,16). The molecular weight excluding hydrogens is 245 g/mol. The third-order valence-corrected chi connectivity index (χ3v) is 2.37. The van der Waals surface area contributed by atoms with Gasteiger partial charge in [-0.2, -0.15) is 18.3 Å². The van der Waals surface area contributed by atoms with E-state index in [-0.39, 0.29) is 5.69 Å². The lowest BCUT2D eigenvalue weighted by Crippen LogP contribution is -2.13. The fourth-order valence-corrected chi connectivity index (χ4v) is 1.56. The van der Waals surface area contributed by atoms with E-state index in [0.29, 0.717) is 11.5 Å². The molecule has 2 rings (SSSR count). The molecule has 2 heterocycles. The highest BCUT2D eigenvalue weighted by Gasteiger charge is 2.35. The van der Waals surface area contributed by atoms with Crippen molar-refractivity contribution in [2.24, 2.45) is 0 Å². The number of hydrogen-bond acceptors (Lipinski definition) is 3. The lowest BCUT2D eigenvalue weighted by atomic mass is 10.3. The molecule has 0 aliphatic rings. The number of aryl methyl sites for hydroxylation is 1. The first-order valence-electron chi connectivity index (χ1n) is 5.20. The number of halogens is 3. The van der Waals surface area contributed by atoms with Crippen LogP contribution >= 0.6 is 0 Å². The van der Waals surface area contributed by atoms with Crippen molar-refractivity contribution in [3.63, 3.8) is 0 Å². The van der Waals surface area contributed by atoms with E-state index < -0.39 is 11.9 Å². The van der Waals surface area contributed by atoms with Gasteiger partial charge in [0.1, 0.15) is 11.5 Å². The molecule has 2 aromatic rings. The van der Waals surface area contributed by atoms with Crippen LogP contribution in [0, 0.1) is 6.92 Å². The van der Waals surface area contributed by atoms with E-state index in [1.54, 1.807) is 13.1 Å². The van der Waals surface area contributed by atoms with Crippen LogP contribution in [0.1, 0.15) is 11.4 Å². The molecule has 0 aliphatic heterocycles. The van der Waals surface area contributed by atoms with Crippen LogP contribution < -0.4 is 5.32 Å². The van der Waals surface area contributed by atoms with Crippen molar-refractivity contribution >= 4 is 5.82 Å². The fourth-order valence-electron chi connectivity index (χ4n) is 1.56. The molecule has 0 spiro atoms. The zero-order valence-corrected chi connectivity index (χ0v) is 9.78. The number of aromatic nitrogens is 3. The molecule has 96 valence electrons. The fraction of sp³-hybridized carbons (Fsp3) is 0.273. The quantitative estimate of drug-likeness (QED) is 0.898. The number of alkyl halides is 3. The van der Waals surface area contributed by atoms with E-state index in [4.69, 9.17) is 0 Å². The number of pyridine rings is 1. The summed E-state index contributed by atoms with van der Waals surface area (Å²) in [5.74, 6) is 0.580. The van der Waals surface area contributed by atoms with Gasteiger partial charge in [0, 0.05) is 7.05 Å². The Morgan fingerprint density at radius 2 is 2.00 bits per heavy atom. The van der Waals surface area contributed by atoms with Gasteiger partial charge in [-0.3, -0.25) is 0 Å². The van der Waals surface area contributed by atoms with Gasteiger partial charge in [0.05, 0.1) is 17.6 Å². The Labute approximate surface area is 101 Å². The van der Waals surface area contributed by atoms with Gasteiger partial charge in [0.15, 0.2) is 0 Å². The van der Waals surface area contributed by atoms with E-state index in [0.717, 1.165) is 10.7 Å². The minimum atomic E-state index is -4.44. The van der Waals surface area contributed by atoms with Crippen molar-refractivity contribution in [1.29, 1.82) is 0 Å². The number of nitrogens with zero attached hydrogens (tertiary/aromatic N) is 3. The maximum atomic E-state index is 12.8. The SMILES string of the molecule is CNc1ccc(-n2nc(C)cc2C(F)(F)F)cn1. The summed E-state index contributed by atoms with van der Waals surface area (Å²) >= 11 is 0. The summed E-state index contributed by atoms with van der Waals surface area (Å²) in [6, 6.07) is 4.12. The van der Waals surface area contributed by atoms with Crippen molar-refractivity contribution in [3.8, 4) is 5.69 Å². The van der Waals surface area contributed by atoms with Crippen LogP contribution in [0.2, 0.25) is 0 Å². The molecule has 0 unspecified atom stereocenters. The van der Waals surface area contributed by atoms with Crippen molar-refractivity contribution in [3.05, 3.63) is 35.8 Å². The summed E-state index contributed by atoms with van der Waals surface area (Å²) in [7, 11) is 1.68. The predicted octanol–water partition coefficient (Wildman–Crippen LogP) is 2.64. The second-order valence-corrected chi connectivity index (χ2v) is 3.73. The van der Waals surface area contributed by atoms with Crippen LogP contribution in [0.3, 0.4) is 0 Å². The van der Waals surface area contributed by atoms with E-state index in [1.807, 2.05) is 0 Å². The maximum Gasteiger partial charge on any atom is 0.433 e. The van der Waals surface area contributed by atoms with Gasteiger partial charge in [0.2, 0.25) is 0 Å². The first-order valence-corrected chi connectivity index (χ1v) is 5.20. The van der Waals surface area contributed by atoms with Crippen molar-refractivity contribution < 1.29 is 13.2 Å². The molecule has 18 heavy (non-hydrogen) atoms. The molecule has 0 amide bonds. The first-order chi connectivity index (χ1) is 8.41. The van der Waals surface area contributed by atoms with Crippen molar-refractivity contribution in [1.82, 2.24) is 14.8 Å². The molecule has 4 nitrogen and oxygen atoms in total. The summed E-state index contributed by atoms with van der Waals surface area (Å²) in [5, 5.41) is 6.63. The second kappa shape index (κ2) is 4.32. The smallest absolute Gasteiger partial charge is 0.373 e. The topological polar surface area (TPSA) is 42.7 Å². The Balaban J connectivity index is 2.49. The average molecular weight is 256 g/mol. The molecule has 1 N–H and O–H groups in total. The maximum absolute atomic E-state index is 12.8. The van der Waals surface area contributed by atoms with E-state index in [1.165, 1.54) is 19.2 Å². The third-order valence-electron chi connectivity index (χ3n) is 2.37. The van der Waals surface area contributed by atoms with Gasteiger partial charge in [-0.05, 0) is 25.1 Å². The zero-order valence-electron chi connectivity index (χ0n) is 9.78. The van der Waals surface area contributed by atoms with Gasteiger partial charge in [-0.1, -0.05) is 0 Å². The summed E-state index contributed by atoms with van der Waals surface area (Å²) in [4.78, 5) is 3.97. The van der Waals surface area contributed by atoms with Crippen molar-refractivity contribution in [2.75, 3.05) is 12.4 Å². The Bertz CT molecular complexity index is 542. The summed E-state index contributed by atoms with van der Waals surface area (Å²) < 4.78 is 39.2. The largest absolute Gasteiger partial charge is 0.433 e. The highest BCUT2D eigenvalue weighted by molar-refractivity contribution is 5.41. The van der Waals surface area contributed by atoms with Gasteiger partial charge in [-0.15, -0.1) is 0 Å². The van der Waals surface area contributed by atoms with Crippen molar-refractivity contribution in [2.45, 2.75) is 13.1 Å². The Morgan fingerprint density at radius 3 is 2.50 bits per heavy atom. The Kier molecular flexibility index (Phi) is 2.98. The lowest BCUT2D eigenvalue weighted by Gasteiger charge is -2.10. The molecule has 0 saturated heterocycles. The Morgan fingerprint density at radius 1 is 1.28 bits per heavy atom. The van der Waals surface area contributed by atoms with Crippen LogP contribution in [0.15, 0.2) is 24.4 Å². The molecule has 0 saturated carbocycles. The van der Waals surface area contributed by atoms with Crippen LogP contribution in [-0.4, -0.2) is 21.8 Å². The molecule has 0 fully saturated rings. The second-order valence-electron chi connectivity index (χ2n) is 3.73. The van der Waals surface area contributed by atoms with E-state index in [2.05, 4.69) is 15.4 Å². The first kappa shape index (κ1) is 12.4. The highest BCUT2D eigenvalue weighted by Crippen LogP contribution is 2.31. The average Bonchev–Trinajstić information content (AvgIpc) is 2.71. The molecule has 0 bridgehead atoms. The summed E-state index contributed by atoms with van der Waals surface area (Å²) in [6.07, 6.45) is -3.10. The number of nitrogens with one attached hydrogen (secondary N) is 1. The molecule has 0 radical (unpaired) electrons. The molecule has 0 aromatic carbocycles. The molecular formula is C11H11F3N4. The summed E-state index contributed by atoms with van der Waals surface area (Å²) in [5.41, 5.74) is -0.228. The number of hydrogen-bond donors (Lipinski definition) is 1. The summed E-state index contributed by atoms with van der Waals surface area (Å²) in [6.45, 7) is 1.52.